The average Bonchev–Trinajstić information content (AvgIpc) is 2.30. The number of nitrogens with zero attached hydrogens (tertiary/aromatic N) is 1. The molecule has 0 saturated heterocycles. The van der Waals surface area contributed by atoms with Crippen molar-refractivity contribution in [2.75, 3.05) is 5.32 Å². The van der Waals surface area contributed by atoms with Gasteiger partial charge in [0, 0.05) is 27.9 Å². The Labute approximate surface area is 111 Å². The van der Waals surface area contributed by atoms with E-state index >= 15 is 0 Å². The summed E-state index contributed by atoms with van der Waals surface area (Å²) in [6.07, 6.45) is 3.63. The summed E-state index contributed by atoms with van der Waals surface area (Å²) in [5.41, 5.74) is 2.22. The highest BCUT2D eigenvalue weighted by atomic mass is 79.9. The van der Waals surface area contributed by atoms with Crippen LogP contribution in [0.1, 0.15) is 5.56 Å². The summed E-state index contributed by atoms with van der Waals surface area (Å²) in [6, 6.07) is 9.99. The molecule has 1 aromatic carbocycles. The molecule has 0 unspecified atom stereocenters. The summed E-state index contributed by atoms with van der Waals surface area (Å²) in [5, 5.41) is 3.36. The smallest absolute Gasteiger partial charge is 0.0631 e. The summed E-state index contributed by atoms with van der Waals surface area (Å²) in [6.45, 7) is 0.759. The highest BCUT2D eigenvalue weighted by Gasteiger charge is 2.03. The summed E-state index contributed by atoms with van der Waals surface area (Å²) >= 11 is 7.03. The lowest BCUT2D eigenvalue weighted by Crippen LogP contribution is -2.00. The molecule has 1 heterocycles. The molecule has 4 heteroatoms. The number of anilines is 1. The first-order valence-electron chi connectivity index (χ1n) is 4.84. The summed E-state index contributed by atoms with van der Waals surface area (Å²) in [7, 11) is 0. The number of nitrogens with one attached hydrogen (secondary N) is 1. The van der Waals surface area contributed by atoms with Gasteiger partial charge in [0.15, 0.2) is 0 Å². The number of halogens is 2. The minimum atomic E-state index is 0.759. The molecule has 2 nitrogen and oxygen atoms in total. The van der Waals surface area contributed by atoms with Gasteiger partial charge in [-0.25, -0.2) is 0 Å². The molecule has 1 N–H and O–H groups in total. The number of para-hydroxylation sites is 1. The topological polar surface area (TPSA) is 24.9 Å². The van der Waals surface area contributed by atoms with Crippen molar-refractivity contribution in [3.05, 3.63) is 57.2 Å². The van der Waals surface area contributed by atoms with E-state index in [0.29, 0.717) is 0 Å². The van der Waals surface area contributed by atoms with Crippen molar-refractivity contribution in [3.63, 3.8) is 0 Å². The maximum Gasteiger partial charge on any atom is 0.0631 e. The summed E-state index contributed by atoms with van der Waals surface area (Å²) in [4.78, 5) is 4.08. The fourth-order valence-electron chi connectivity index (χ4n) is 1.36. The quantitative estimate of drug-likeness (QED) is 0.904. The first-order chi connectivity index (χ1) is 7.77. The summed E-state index contributed by atoms with van der Waals surface area (Å²) < 4.78 is 2.09. The zero-order valence-electron chi connectivity index (χ0n) is 8.45. The normalized spacial score (nSPS) is 10.1. The van der Waals surface area contributed by atoms with Crippen LogP contribution in [-0.4, -0.2) is 4.98 Å². The maximum absolute atomic E-state index is 4.08. The van der Waals surface area contributed by atoms with Crippen LogP contribution in [0.15, 0.2) is 51.7 Å². The zero-order valence-corrected chi connectivity index (χ0v) is 11.6. The van der Waals surface area contributed by atoms with Crippen molar-refractivity contribution in [2.24, 2.45) is 0 Å². The molecule has 0 bridgehead atoms. The number of hydrogen-bond donors (Lipinski definition) is 1. The number of hydrogen-bond acceptors (Lipinski definition) is 2. The maximum atomic E-state index is 4.08. The van der Waals surface area contributed by atoms with Crippen LogP contribution in [-0.2, 0) is 6.54 Å². The van der Waals surface area contributed by atoms with E-state index in [-0.39, 0.29) is 0 Å². The predicted octanol–water partition coefficient (Wildman–Crippen LogP) is 4.22. The lowest BCUT2D eigenvalue weighted by atomic mass is 10.2. The van der Waals surface area contributed by atoms with Crippen molar-refractivity contribution in [2.45, 2.75) is 6.54 Å². The van der Waals surface area contributed by atoms with E-state index in [1.807, 2.05) is 36.5 Å². The van der Waals surface area contributed by atoms with E-state index in [2.05, 4.69) is 42.2 Å². The molecule has 0 aliphatic carbocycles. The van der Waals surface area contributed by atoms with E-state index in [4.69, 9.17) is 0 Å². The van der Waals surface area contributed by atoms with Crippen LogP contribution in [0.5, 0.6) is 0 Å². The molecule has 0 aliphatic heterocycles. The second-order valence-electron chi connectivity index (χ2n) is 3.31. The standard InChI is InChI=1S/C12H10Br2N2/c13-10-4-1-5-11(14)12(10)16-8-9-3-2-6-15-7-9/h1-7,16H,8H2. The van der Waals surface area contributed by atoms with Gasteiger partial charge in [0.25, 0.3) is 0 Å². The van der Waals surface area contributed by atoms with Gasteiger partial charge < -0.3 is 5.32 Å². The molecule has 2 rings (SSSR count). The molecule has 0 radical (unpaired) electrons. The highest BCUT2D eigenvalue weighted by Crippen LogP contribution is 2.30. The van der Waals surface area contributed by atoms with E-state index < -0.39 is 0 Å². The van der Waals surface area contributed by atoms with Crippen molar-refractivity contribution < 1.29 is 0 Å². The van der Waals surface area contributed by atoms with Crippen LogP contribution < -0.4 is 5.32 Å². The minimum Gasteiger partial charge on any atom is -0.379 e. The first kappa shape index (κ1) is 11.6. The molecular weight excluding hydrogens is 332 g/mol. The molecule has 2 aromatic rings. The molecule has 82 valence electrons. The Kier molecular flexibility index (Phi) is 3.96. The Morgan fingerprint density at radius 3 is 2.44 bits per heavy atom. The van der Waals surface area contributed by atoms with Gasteiger partial charge in [-0.15, -0.1) is 0 Å². The predicted molar refractivity (Wildman–Crippen MR) is 73.4 cm³/mol. The second kappa shape index (κ2) is 5.46. The SMILES string of the molecule is Brc1cccc(Br)c1NCc1cccnc1. The zero-order chi connectivity index (χ0) is 11.4. The van der Waals surface area contributed by atoms with Crippen LogP contribution in [0.3, 0.4) is 0 Å². The lowest BCUT2D eigenvalue weighted by molar-refractivity contribution is 1.11. The monoisotopic (exact) mass is 340 g/mol. The highest BCUT2D eigenvalue weighted by molar-refractivity contribution is 9.11. The number of pyridine rings is 1. The van der Waals surface area contributed by atoms with Gasteiger partial charge in [-0.1, -0.05) is 12.1 Å². The Morgan fingerprint density at radius 1 is 1.06 bits per heavy atom. The first-order valence-corrected chi connectivity index (χ1v) is 6.43. The van der Waals surface area contributed by atoms with Gasteiger partial charge in [-0.05, 0) is 55.6 Å². The van der Waals surface area contributed by atoms with Crippen molar-refractivity contribution in [1.29, 1.82) is 0 Å². The molecule has 1 aromatic heterocycles. The van der Waals surface area contributed by atoms with Gasteiger partial charge >= 0.3 is 0 Å². The molecule has 0 amide bonds. The van der Waals surface area contributed by atoms with E-state index in [0.717, 1.165) is 26.7 Å². The molecule has 0 atom stereocenters. The third-order valence-corrected chi connectivity index (χ3v) is 3.48. The van der Waals surface area contributed by atoms with Crippen molar-refractivity contribution in [1.82, 2.24) is 4.98 Å². The molecule has 0 fully saturated rings. The molecule has 0 aliphatic rings. The third kappa shape index (κ3) is 2.83. The summed E-state index contributed by atoms with van der Waals surface area (Å²) in [5.74, 6) is 0. The van der Waals surface area contributed by atoms with Crippen LogP contribution in [0.25, 0.3) is 0 Å². The van der Waals surface area contributed by atoms with E-state index in [1.165, 1.54) is 0 Å². The molecule has 0 saturated carbocycles. The number of benzene rings is 1. The van der Waals surface area contributed by atoms with Gasteiger partial charge in [0.05, 0.1) is 5.69 Å². The lowest BCUT2D eigenvalue weighted by Gasteiger charge is -2.10. The molecule has 16 heavy (non-hydrogen) atoms. The Balaban J connectivity index is 2.11. The van der Waals surface area contributed by atoms with Gasteiger partial charge in [-0.3, -0.25) is 4.98 Å². The molecular formula is C12H10Br2N2. The Morgan fingerprint density at radius 2 is 1.81 bits per heavy atom. The van der Waals surface area contributed by atoms with E-state index in [9.17, 15) is 0 Å². The van der Waals surface area contributed by atoms with E-state index in [1.54, 1.807) is 6.20 Å². The number of rotatable bonds is 3. The Hall–Kier alpha value is -0.870. The average molecular weight is 342 g/mol. The second-order valence-corrected chi connectivity index (χ2v) is 5.02. The van der Waals surface area contributed by atoms with Crippen molar-refractivity contribution in [3.8, 4) is 0 Å². The van der Waals surface area contributed by atoms with Gasteiger partial charge in [-0.2, -0.15) is 0 Å². The Bertz CT molecular complexity index is 451. The number of aromatic nitrogens is 1. The van der Waals surface area contributed by atoms with Gasteiger partial charge in [0.1, 0.15) is 0 Å². The minimum absolute atomic E-state index is 0.759. The van der Waals surface area contributed by atoms with Gasteiger partial charge in [0.2, 0.25) is 0 Å². The van der Waals surface area contributed by atoms with Crippen LogP contribution in [0.4, 0.5) is 5.69 Å². The van der Waals surface area contributed by atoms with Crippen LogP contribution in [0.2, 0.25) is 0 Å². The fourth-order valence-corrected chi connectivity index (χ4v) is 2.64. The van der Waals surface area contributed by atoms with Crippen LogP contribution >= 0.6 is 31.9 Å². The third-order valence-electron chi connectivity index (χ3n) is 2.15. The molecule has 0 spiro atoms. The van der Waals surface area contributed by atoms with Crippen molar-refractivity contribution >= 4 is 37.5 Å². The largest absolute Gasteiger partial charge is 0.379 e. The fraction of sp³-hybridized carbons (Fsp3) is 0.0833. The van der Waals surface area contributed by atoms with Crippen LogP contribution in [0, 0.1) is 0 Å².